The summed E-state index contributed by atoms with van der Waals surface area (Å²) in [7, 11) is 0. The predicted molar refractivity (Wildman–Crippen MR) is 111 cm³/mol. The van der Waals surface area contributed by atoms with Crippen LogP contribution in [0, 0.1) is 0 Å². The number of fused-ring (bicyclic) bond motifs is 2. The number of nitrogens with zero attached hydrogens (tertiary/aromatic N) is 1. The fourth-order valence-electron chi connectivity index (χ4n) is 3.33. The molecule has 0 aliphatic rings. The summed E-state index contributed by atoms with van der Waals surface area (Å²) in [6, 6.07) is 28.8. The third-order valence-corrected chi connectivity index (χ3v) is 4.70. The van der Waals surface area contributed by atoms with Gasteiger partial charge in [-0.15, -0.1) is 0 Å². The molecule has 0 saturated carbocycles. The van der Waals surface area contributed by atoms with Crippen LogP contribution in [0.15, 0.2) is 95.4 Å². The molecule has 28 heavy (non-hydrogen) atoms. The molecule has 0 fully saturated rings. The van der Waals surface area contributed by atoms with E-state index >= 15 is 0 Å². The van der Waals surface area contributed by atoms with Gasteiger partial charge in [-0.2, -0.15) is 0 Å². The number of hydrogen-bond donors (Lipinski definition) is 1. The van der Waals surface area contributed by atoms with Crippen molar-refractivity contribution in [2.75, 3.05) is 5.32 Å². The van der Waals surface area contributed by atoms with Crippen molar-refractivity contribution in [3.8, 4) is 11.5 Å². The molecule has 5 aromatic rings. The summed E-state index contributed by atoms with van der Waals surface area (Å²) in [4.78, 5) is 17.0. The molecule has 0 radical (unpaired) electrons. The summed E-state index contributed by atoms with van der Waals surface area (Å²) in [6.07, 6.45) is 0. The number of anilines is 1. The molecule has 0 saturated heterocycles. The predicted octanol–water partition coefficient (Wildman–Crippen LogP) is 5.90. The van der Waals surface area contributed by atoms with E-state index in [1.165, 1.54) is 0 Å². The molecule has 134 valence electrons. The zero-order valence-electron chi connectivity index (χ0n) is 14.9. The Hall–Kier alpha value is -3.92. The summed E-state index contributed by atoms with van der Waals surface area (Å²) in [5.74, 6) is 0.413. The van der Waals surface area contributed by atoms with Crippen LogP contribution >= 0.6 is 0 Å². The van der Waals surface area contributed by atoms with E-state index in [4.69, 9.17) is 4.42 Å². The van der Waals surface area contributed by atoms with Gasteiger partial charge in [0.1, 0.15) is 5.52 Å². The van der Waals surface area contributed by atoms with Gasteiger partial charge >= 0.3 is 0 Å². The third kappa shape index (κ3) is 2.91. The van der Waals surface area contributed by atoms with Gasteiger partial charge in [0.05, 0.1) is 0 Å². The first-order valence-electron chi connectivity index (χ1n) is 9.03. The number of aromatic nitrogens is 1. The van der Waals surface area contributed by atoms with Gasteiger partial charge in [-0.1, -0.05) is 54.6 Å². The van der Waals surface area contributed by atoms with Crippen molar-refractivity contribution in [3.63, 3.8) is 0 Å². The highest BCUT2D eigenvalue weighted by Crippen LogP contribution is 2.31. The average Bonchev–Trinajstić information content (AvgIpc) is 3.17. The second kappa shape index (κ2) is 6.67. The van der Waals surface area contributed by atoms with Crippen molar-refractivity contribution in [1.29, 1.82) is 0 Å². The van der Waals surface area contributed by atoms with Crippen molar-refractivity contribution in [2.24, 2.45) is 0 Å². The van der Waals surface area contributed by atoms with Gasteiger partial charge in [-0.3, -0.25) is 4.79 Å². The van der Waals surface area contributed by atoms with Crippen molar-refractivity contribution in [2.45, 2.75) is 0 Å². The van der Waals surface area contributed by atoms with E-state index < -0.39 is 0 Å². The minimum Gasteiger partial charge on any atom is -0.436 e. The van der Waals surface area contributed by atoms with E-state index in [1.807, 2.05) is 60.7 Å². The van der Waals surface area contributed by atoms with E-state index in [1.54, 1.807) is 12.1 Å². The van der Waals surface area contributed by atoms with E-state index in [0.29, 0.717) is 28.2 Å². The Morgan fingerprint density at radius 1 is 0.821 bits per heavy atom. The van der Waals surface area contributed by atoms with E-state index in [0.717, 1.165) is 16.3 Å². The summed E-state index contributed by atoms with van der Waals surface area (Å²) in [5, 5.41) is 5.14. The monoisotopic (exact) mass is 364 g/mol. The lowest BCUT2D eigenvalue weighted by Gasteiger charge is -2.04. The Morgan fingerprint density at radius 3 is 2.50 bits per heavy atom. The van der Waals surface area contributed by atoms with E-state index in [-0.39, 0.29) is 5.91 Å². The number of rotatable bonds is 3. The van der Waals surface area contributed by atoms with Gasteiger partial charge in [0, 0.05) is 16.8 Å². The molecule has 5 rings (SSSR count). The first kappa shape index (κ1) is 16.3. The SMILES string of the molecule is O=C(Nc1ccc2oc(-c3cccc4ccccc34)nc2c1)c1ccccc1. The minimum absolute atomic E-state index is 0.155. The number of oxazole rings is 1. The number of carbonyl (C=O) groups excluding carboxylic acids is 1. The zero-order chi connectivity index (χ0) is 18.9. The van der Waals surface area contributed by atoms with E-state index in [2.05, 4.69) is 28.5 Å². The number of benzene rings is 4. The molecular formula is C24H16N2O2. The number of amides is 1. The molecule has 0 spiro atoms. The Morgan fingerprint density at radius 2 is 1.61 bits per heavy atom. The van der Waals surface area contributed by atoms with Crippen LogP contribution in [-0.2, 0) is 0 Å². The van der Waals surface area contributed by atoms with Gasteiger partial charge in [-0.25, -0.2) is 4.98 Å². The smallest absolute Gasteiger partial charge is 0.255 e. The molecule has 0 atom stereocenters. The molecule has 4 nitrogen and oxygen atoms in total. The lowest BCUT2D eigenvalue weighted by atomic mass is 10.0. The zero-order valence-corrected chi connectivity index (χ0v) is 14.9. The van der Waals surface area contributed by atoms with Gasteiger partial charge < -0.3 is 9.73 Å². The quantitative estimate of drug-likeness (QED) is 0.433. The van der Waals surface area contributed by atoms with E-state index in [9.17, 15) is 4.79 Å². The summed E-state index contributed by atoms with van der Waals surface area (Å²) >= 11 is 0. The number of nitrogens with one attached hydrogen (secondary N) is 1. The van der Waals surface area contributed by atoms with Crippen LogP contribution in [-0.4, -0.2) is 10.9 Å². The molecule has 1 aromatic heterocycles. The van der Waals surface area contributed by atoms with Crippen LogP contribution in [0.1, 0.15) is 10.4 Å². The molecule has 4 aromatic carbocycles. The largest absolute Gasteiger partial charge is 0.436 e. The summed E-state index contributed by atoms with van der Waals surface area (Å²) in [5.41, 5.74) is 3.62. The highest BCUT2D eigenvalue weighted by molar-refractivity contribution is 6.05. The molecular weight excluding hydrogens is 348 g/mol. The number of hydrogen-bond acceptors (Lipinski definition) is 3. The maximum Gasteiger partial charge on any atom is 0.255 e. The van der Waals surface area contributed by atoms with Gasteiger partial charge in [-0.05, 0) is 47.2 Å². The lowest BCUT2D eigenvalue weighted by molar-refractivity contribution is 0.102. The van der Waals surface area contributed by atoms with Crippen LogP contribution in [0.25, 0.3) is 33.3 Å². The minimum atomic E-state index is -0.155. The Labute approximate surface area is 161 Å². The van der Waals surface area contributed by atoms with Gasteiger partial charge in [0.2, 0.25) is 5.89 Å². The highest BCUT2D eigenvalue weighted by atomic mass is 16.3. The normalized spacial score (nSPS) is 11.0. The van der Waals surface area contributed by atoms with Crippen LogP contribution < -0.4 is 5.32 Å². The highest BCUT2D eigenvalue weighted by Gasteiger charge is 2.12. The van der Waals surface area contributed by atoms with Gasteiger partial charge in [0.15, 0.2) is 5.58 Å². The maximum absolute atomic E-state index is 12.4. The van der Waals surface area contributed by atoms with Crippen molar-refractivity contribution in [3.05, 3.63) is 96.6 Å². The molecule has 0 bridgehead atoms. The first-order valence-corrected chi connectivity index (χ1v) is 9.03. The molecule has 4 heteroatoms. The lowest BCUT2D eigenvalue weighted by Crippen LogP contribution is -2.11. The summed E-state index contributed by atoms with van der Waals surface area (Å²) in [6.45, 7) is 0. The molecule has 1 heterocycles. The van der Waals surface area contributed by atoms with Gasteiger partial charge in [0.25, 0.3) is 5.91 Å². The number of carbonyl (C=O) groups is 1. The Balaban J connectivity index is 1.51. The Kier molecular flexibility index (Phi) is 3.87. The van der Waals surface area contributed by atoms with Crippen molar-refractivity contribution in [1.82, 2.24) is 4.98 Å². The fraction of sp³-hybridized carbons (Fsp3) is 0. The van der Waals surface area contributed by atoms with Crippen LogP contribution in [0.5, 0.6) is 0 Å². The standard InChI is InChI=1S/C24H16N2O2/c27-23(17-8-2-1-3-9-17)25-18-13-14-22-21(15-18)26-24(28-22)20-12-6-10-16-7-4-5-11-19(16)20/h1-15H,(H,25,27). The third-order valence-electron chi connectivity index (χ3n) is 4.70. The Bertz CT molecular complexity index is 1300. The first-order chi connectivity index (χ1) is 13.8. The average molecular weight is 364 g/mol. The van der Waals surface area contributed by atoms with Crippen molar-refractivity contribution < 1.29 is 9.21 Å². The molecule has 0 unspecified atom stereocenters. The van der Waals surface area contributed by atoms with Crippen LogP contribution in [0.2, 0.25) is 0 Å². The maximum atomic E-state index is 12.4. The second-order valence-electron chi connectivity index (χ2n) is 6.55. The molecule has 1 amide bonds. The van der Waals surface area contributed by atoms with Crippen LogP contribution in [0.3, 0.4) is 0 Å². The fourth-order valence-corrected chi connectivity index (χ4v) is 3.33. The summed E-state index contributed by atoms with van der Waals surface area (Å²) < 4.78 is 5.98. The molecule has 0 aliphatic carbocycles. The van der Waals surface area contributed by atoms with Crippen molar-refractivity contribution >= 4 is 33.5 Å². The topological polar surface area (TPSA) is 55.1 Å². The second-order valence-corrected chi connectivity index (χ2v) is 6.55. The van der Waals surface area contributed by atoms with Crippen LogP contribution in [0.4, 0.5) is 5.69 Å². The molecule has 0 aliphatic heterocycles. The molecule has 1 N–H and O–H groups in total.